The number of rotatable bonds is 8. The summed E-state index contributed by atoms with van der Waals surface area (Å²) in [6, 6.07) is 17.8. The molecule has 2 aromatic carbocycles. The Morgan fingerprint density at radius 3 is 2.40 bits per heavy atom. The molecule has 1 unspecified atom stereocenters. The van der Waals surface area contributed by atoms with Gasteiger partial charge in [-0.05, 0) is 36.1 Å². The molecule has 30 heavy (non-hydrogen) atoms. The van der Waals surface area contributed by atoms with Crippen LogP contribution in [0.2, 0.25) is 0 Å². The Balaban J connectivity index is 1.85. The van der Waals surface area contributed by atoms with Gasteiger partial charge >= 0.3 is 0 Å². The molecule has 158 valence electrons. The van der Waals surface area contributed by atoms with Gasteiger partial charge in [0.05, 0.1) is 6.04 Å². The molecule has 1 aliphatic rings. The first-order chi connectivity index (χ1) is 14.5. The minimum Gasteiger partial charge on any atom is -0.322 e. The van der Waals surface area contributed by atoms with Crippen LogP contribution in [0.5, 0.6) is 0 Å². The van der Waals surface area contributed by atoms with Crippen LogP contribution in [0, 0.1) is 0 Å². The average Bonchev–Trinajstić information content (AvgIpc) is 2.78. The highest BCUT2D eigenvalue weighted by Gasteiger charge is 2.37. The smallest absolute Gasteiger partial charge is 0.290 e. The van der Waals surface area contributed by atoms with Crippen molar-refractivity contribution in [3.63, 3.8) is 0 Å². The molecule has 3 rings (SSSR count). The molecule has 0 radical (unpaired) electrons. The Morgan fingerprint density at radius 1 is 0.967 bits per heavy atom. The maximum Gasteiger partial charge on any atom is 0.290 e. The van der Waals surface area contributed by atoms with Crippen LogP contribution in [-0.4, -0.2) is 41.6 Å². The molecule has 1 aliphatic heterocycles. The number of benzene rings is 2. The van der Waals surface area contributed by atoms with E-state index in [1.165, 1.54) is 4.90 Å². The minimum atomic E-state index is -0.510. The molecule has 2 amide bonds. The van der Waals surface area contributed by atoms with Crippen molar-refractivity contribution in [1.82, 2.24) is 4.90 Å². The van der Waals surface area contributed by atoms with Crippen molar-refractivity contribution in [2.75, 3.05) is 18.0 Å². The molecule has 0 aromatic heterocycles. The third kappa shape index (κ3) is 4.96. The van der Waals surface area contributed by atoms with E-state index in [0.717, 1.165) is 36.1 Å². The summed E-state index contributed by atoms with van der Waals surface area (Å²) < 4.78 is 0. The Hall–Kier alpha value is -2.95. The number of piperazine rings is 1. The number of anilines is 1. The number of unbranched alkanes of at least 4 members (excludes halogenated alkanes) is 1. The number of Topliss-reactive ketones (excluding diaryl/α,β-unsaturated/α-hetero) is 1. The van der Waals surface area contributed by atoms with Crippen molar-refractivity contribution in [3.05, 3.63) is 54.6 Å². The van der Waals surface area contributed by atoms with E-state index in [2.05, 4.69) is 6.92 Å². The first-order valence-electron chi connectivity index (χ1n) is 10.8. The Morgan fingerprint density at radius 2 is 1.70 bits per heavy atom. The quantitative estimate of drug-likeness (QED) is 0.608. The van der Waals surface area contributed by atoms with Crippen molar-refractivity contribution in [1.29, 1.82) is 0 Å². The number of carbonyl (C=O) groups is 3. The lowest BCUT2D eigenvalue weighted by molar-refractivity contribution is -0.149. The van der Waals surface area contributed by atoms with Crippen molar-refractivity contribution in [2.45, 2.75) is 52.0 Å². The highest BCUT2D eigenvalue weighted by Crippen LogP contribution is 2.28. The van der Waals surface area contributed by atoms with Crippen molar-refractivity contribution < 1.29 is 14.4 Å². The third-order valence-electron chi connectivity index (χ3n) is 5.57. The molecule has 0 N–H and O–H groups in total. The van der Waals surface area contributed by atoms with Gasteiger partial charge in [-0.15, -0.1) is 0 Å². The van der Waals surface area contributed by atoms with Crippen LogP contribution in [-0.2, 0) is 14.4 Å². The number of nitrogens with zero attached hydrogens (tertiary/aromatic N) is 2. The van der Waals surface area contributed by atoms with Gasteiger partial charge in [0.2, 0.25) is 11.7 Å². The summed E-state index contributed by atoms with van der Waals surface area (Å²) >= 11 is 0. The molecule has 1 heterocycles. The second-order valence-corrected chi connectivity index (χ2v) is 7.82. The number of carbonyl (C=O) groups excluding carboxylic acids is 3. The first kappa shape index (κ1) is 21.8. The molecule has 0 aliphatic carbocycles. The van der Waals surface area contributed by atoms with Gasteiger partial charge in [0.25, 0.3) is 5.91 Å². The minimum absolute atomic E-state index is 0.0434. The summed E-state index contributed by atoms with van der Waals surface area (Å²) in [5, 5.41) is 0. The van der Waals surface area contributed by atoms with Crippen LogP contribution in [0.1, 0.15) is 46.0 Å². The average molecular weight is 407 g/mol. The summed E-state index contributed by atoms with van der Waals surface area (Å²) in [5.41, 5.74) is 2.96. The summed E-state index contributed by atoms with van der Waals surface area (Å²) in [5.74, 6) is -1.05. The molecular formula is C25H30N2O3. The summed E-state index contributed by atoms with van der Waals surface area (Å²) in [4.78, 5) is 41.2. The van der Waals surface area contributed by atoms with Gasteiger partial charge in [0.15, 0.2) is 0 Å². The fraction of sp³-hybridized carbons (Fsp3) is 0.400. The lowest BCUT2D eigenvalue weighted by Gasteiger charge is -2.41. The lowest BCUT2D eigenvalue weighted by Crippen LogP contribution is -2.59. The van der Waals surface area contributed by atoms with Gasteiger partial charge in [-0.3, -0.25) is 14.4 Å². The zero-order chi connectivity index (χ0) is 21.5. The third-order valence-corrected chi connectivity index (χ3v) is 5.57. The first-order valence-corrected chi connectivity index (χ1v) is 10.8. The van der Waals surface area contributed by atoms with Crippen molar-refractivity contribution in [2.24, 2.45) is 0 Å². The fourth-order valence-electron chi connectivity index (χ4n) is 3.92. The Kier molecular flexibility index (Phi) is 7.39. The molecule has 0 saturated carbocycles. The van der Waals surface area contributed by atoms with Crippen molar-refractivity contribution in [3.8, 4) is 11.1 Å². The lowest BCUT2D eigenvalue weighted by atomic mass is 10.0. The zero-order valence-corrected chi connectivity index (χ0v) is 17.8. The van der Waals surface area contributed by atoms with Gasteiger partial charge in [-0.25, -0.2) is 0 Å². The van der Waals surface area contributed by atoms with E-state index in [9.17, 15) is 14.4 Å². The van der Waals surface area contributed by atoms with Gasteiger partial charge in [0.1, 0.15) is 6.54 Å². The number of ketones is 1. The largest absolute Gasteiger partial charge is 0.322 e. The topological polar surface area (TPSA) is 57.7 Å². The van der Waals surface area contributed by atoms with Gasteiger partial charge < -0.3 is 9.80 Å². The monoisotopic (exact) mass is 406 g/mol. The Labute approximate surface area is 178 Å². The second-order valence-electron chi connectivity index (χ2n) is 7.82. The highest BCUT2D eigenvalue weighted by molar-refractivity contribution is 6.36. The van der Waals surface area contributed by atoms with Crippen LogP contribution in [0.4, 0.5) is 5.69 Å². The van der Waals surface area contributed by atoms with E-state index in [1.54, 1.807) is 4.90 Å². The highest BCUT2D eigenvalue weighted by atomic mass is 16.2. The maximum absolute atomic E-state index is 13.0. The van der Waals surface area contributed by atoms with Crippen LogP contribution in [0.15, 0.2) is 54.6 Å². The maximum atomic E-state index is 13.0. The van der Waals surface area contributed by atoms with Gasteiger partial charge in [-0.1, -0.05) is 69.2 Å². The predicted molar refractivity (Wildman–Crippen MR) is 119 cm³/mol. The van der Waals surface area contributed by atoms with E-state index in [0.29, 0.717) is 13.0 Å². The van der Waals surface area contributed by atoms with E-state index < -0.39 is 11.7 Å². The summed E-state index contributed by atoms with van der Waals surface area (Å²) in [6.45, 7) is 4.35. The second kappa shape index (κ2) is 10.2. The van der Waals surface area contributed by atoms with E-state index >= 15 is 0 Å². The molecule has 1 saturated heterocycles. The summed E-state index contributed by atoms with van der Waals surface area (Å²) in [7, 11) is 0. The molecule has 1 fully saturated rings. The summed E-state index contributed by atoms with van der Waals surface area (Å²) in [6.07, 6.45) is 3.59. The molecule has 2 aromatic rings. The van der Waals surface area contributed by atoms with Crippen LogP contribution >= 0.6 is 0 Å². The molecule has 0 spiro atoms. The fourth-order valence-corrected chi connectivity index (χ4v) is 3.92. The SMILES string of the molecule is CCCCC1CN(c2cccc(-c3ccccc3)c2)C(=O)CN1C(=O)C(=O)CCC. The molecule has 1 atom stereocenters. The van der Waals surface area contributed by atoms with Crippen LogP contribution < -0.4 is 4.90 Å². The van der Waals surface area contributed by atoms with Crippen LogP contribution in [0.3, 0.4) is 0 Å². The van der Waals surface area contributed by atoms with E-state index in [-0.39, 0.29) is 24.9 Å². The number of amides is 2. The van der Waals surface area contributed by atoms with Crippen molar-refractivity contribution >= 4 is 23.3 Å². The predicted octanol–water partition coefficient (Wildman–Crippen LogP) is 4.46. The molecule has 5 heteroatoms. The van der Waals surface area contributed by atoms with E-state index in [4.69, 9.17) is 0 Å². The molecule has 0 bridgehead atoms. The molecular weight excluding hydrogens is 376 g/mol. The normalized spacial score (nSPS) is 16.6. The van der Waals surface area contributed by atoms with Crippen LogP contribution in [0.25, 0.3) is 11.1 Å². The molecule has 5 nitrogen and oxygen atoms in total. The van der Waals surface area contributed by atoms with Gasteiger partial charge in [-0.2, -0.15) is 0 Å². The number of hydrogen-bond acceptors (Lipinski definition) is 3. The van der Waals surface area contributed by atoms with Gasteiger partial charge in [0, 0.05) is 18.7 Å². The standard InChI is InChI=1S/C25H30N2O3/c1-3-5-14-22-17-26(24(29)18-27(22)25(30)23(28)10-4-2)21-15-9-13-20(16-21)19-11-7-6-8-12-19/h6-9,11-13,15-16,22H,3-5,10,14,17-18H2,1-2H3. The zero-order valence-electron chi connectivity index (χ0n) is 17.8. The number of hydrogen-bond donors (Lipinski definition) is 0. The Bertz CT molecular complexity index is 894. The van der Waals surface area contributed by atoms with E-state index in [1.807, 2.05) is 61.5 Å².